The van der Waals surface area contributed by atoms with Crippen LogP contribution in [0, 0.1) is 0 Å². The maximum absolute atomic E-state index is 13.1. The van der Waals surface area contributed by atoms with Gasteiger partial charge in [0.2, 0.25) is 5.91 Å². The van der Waals surface area contributed by atoms with Crippen molar-refractivity contribution in [3.05, 3.63) is 0 Å². The Morgan fingerprint density at radius 1 is 0.952 bits per heavy atom. The number of amides is 1. The first-order chi connectivity index (χ1) is 10.2. The third kappa shape index (κ3) is 3.11. The molecule has 0 aromatic rings. The number of piperidine rings is 2. The van der Waals surface area contributed by atoms with Crippen molar-refractivity contribution < 1.29 is 4.79 Å². The Morgan fingerprint density at radius 3 is 2.29 bits per heavy atom. The standard InChI is InChI=1S/C17H31N3O/c1-13-5-3-6-14(2)20(13)17(21)16-7-4-12-19(16)15-8-10-18-11-9-15/h13-16,18H,3-12H2,1-2H3/t13-,14+,16?. The monoisotopic (exact) mass is 293 g/mol. The summed E-state index contributed by atoms with van der Waals surface area (Å²) < 4.78 is 0. The molecule has 21 heavy (non-hydrogen) atoms. The number of nitrogens with one attached hydrogen (secondary N) is 1. The molecule has 1 amide bonds. The van der Waals surface area contributed by atoms with Crippen LogP contribution in [0.1, 0.15) is 58.8 Å². The Labute approximate surface area is 129 Å². The number of carbonyl (C=O) groups is 1. The lowest BCUT2D eigenvalue weighted by Crippen LogP contribution is -2.56. The van der Waals surface area contributed by atoms with E-state index in [0.29, 0.717) is 24.0 Å². The molecule has 4 heteroatoms. The van der Waals surface area contributed by atoms with Gasteiger partial charge < -0.3 is 10.2 Å². The number of nitrogens with zero attached hydrogens (tertiary/aromatic N) is 2. The zero-order chi connectivity index (χ0) is 14.8. The molecule has 3 fully saturated rings. The SMILES string of the molecule is C[C@@H]1CCC[C@H](C)N1C(=O)C1CCCN1C1CCNCC1. The van der Waals surface area contributed by atoms with Gasteiger partial charge in [-0.25, -0.2) is 0 Å². The van der Waals surface area contributed by atoms with Crippen LogP contribution in [-0.2, 0) is 4.79 Å². The van der Waals surface area contributed by atoms with Gasteiger partial charge in [-0.05, 0) is 78.4 Å². The number of rotatable bonds is 2. The van der Waals surface area contributed by atoms with Crippen molar-refractivity contribution >= 4 is 5.91 Å². The summed E-state index contributed by atoms with van der Waals surface area (Å²) in [6, 6.07) is 1.64. The van der Waals surface area contributed by atoms with E-state index in [-0.39, 0.29) is 6.04 Å². The normalized spacial score (nSPS) is 36.1. The second-order valence-electron chi connectivity index (χ2n) is 7.25. The van der Waals surface area contributed by atoms with Crippen molar-refractivity contribution in [2.45, 2.75) is 83.0 Å². The fourth-order valence-electron chi connectivity index (χ4n) is 4.66. The highest BCUT2D eigenvalue weighted by molar-refractivity contribution is 5.83. The Bertz CT molecular complexity index is 357. The molecule has 3 heterocycles. The number of likely N-dealkylation sites (tertiary alicyclic amines) is 2. The minimum atomic E-state index is 0.163. The number of hydrogen-bond donors (Lipinski definition) is 1. The molecular formula is C17H31N3O. The average Bonchev–Trinajstić information content (AvgIpc) is 2.97. The molecule has 3 aliphatic heterocycles. The molecule has 0 aliphatic carbocycles. The molecule has 0 aromatic carbocycles. The third-order valence-corrected chi connectivity index (χ3v) is 5.80. The van der Waals surface area contributed by atoms with E-state index in [9.17, 15) is 4.79 Å². The van der Waals surface area contributed by atoms with Crippen LogP contribution in [0.15, 0.2) is 0 Å². The van der Waals surface area contributed by atoms with Gasteiger partial charge in [0.25, 0.3) is 0 Å². The summed E-state index contributed by atoms with van der Waals surface area (Å²) in [5, 5.41) is 3.44. The van der Waals surface area contributed by atoms with E-state index in [0.717, 1.165) is 26.1 Å². The highest BCUT2D eigenvalue weighted by atomic mass is 16.2. The largest absolute Gasteiger partial charge is 0.336 e. The summed E-state index contributed by atoms with van der Waals surface area (Å²) >= 11 is 0. The summed E-state index contributed by atoms with van der Waals surface area (Å²) in [7, 11) is 0. The fourth-order valence-corrected chi connectivity index (χ4v) is 4.66. The molecule has 0 saturated carbocycles. The molecular weight excluding hydrogens is 262 g/mol. The van der Waals surface area contributed by atoms with E-state index in [1.165, 1.54) is 38.5 Å². The second-order valence-corrected chi connectivity index (χ2v) is 7.25. The van der Waals surface area contributed by atoms with Crippen molar-refractivity contribution in [2.24, 2.45) is 0 Å². The molecule has 3 aliphatic rings. The molecule has 3 atom stereocenters. The lowest BCUT2D eigenvalue weighted by Gasteiger charge is -2.43. The van der Waals surface area contributed by atoms with Gasteiger partial charge >= 0.3 is 0 Å². The molecule has 4 nitrogen and oxygen atoms in total. The first-order valence-electron chi connectivity index (χ1n) is 8.97. The smallest absolute Gasteiger partial charge is 0.240 e. The highest BCUT2D eigenvalue weighted by Crippen LogP contribution is 2.30. The van der Waals surface area contributed by atoms with Gasteiger partial charge in [0.1, 0.15) is 0 Å². The first-order valence-corrected chi connectivity index (χ1v) is 8.97. The first kappa shape index (κ1) is 15.3. The van der Waals surface area contributed by atoms with Crippen molar-refractivity contribution in [3.8, 4) is 0 Å². The van der Waals surface area contributed by atoms with Crippen molar-refractivity contribution in [2.75, 3.05) is 19.6 Å². The van der Waals surface area contributed by atoms with E-state index in [4.69, 9.17) is 0 Å². The minimum Gasteiger partial charge on any atom is -0.336 e. The predicted octanol–water partition coefficient (Wildman–Crippen LogP) is 1.99. The fraction of sp³-hybridized carbons (Fsp3) is 0.941. The van der Waals surface area contributed by atoms with Gasteiger partial charge in [0, 0.05) is 18.1 Å². The molecule has 120 valence electrons. The Morgan fingerprint density at radius 2 is 1.62 bits per heavy atom. The maximum atomic E-state index is 13.1. The Kier molecular flexibility index (Phi) is 4.85. The number of hydrogen-bond acceptors (Lipinski definition) is 3. The van der Waals surface area contributed by atoms with Crippen LogP contribution in [-0.4, -0.2) is 59.5 Å². The molecule has 3 rings (SSSR count). The van der Waals surface area contributed by atoms with Gasteiger partial charge in [-0.2, -0.15) is 0 Å². The summed E-state index contributed by atoms with van der Waals surface area (Å²) in [6.07, 6.45) is 8.29. The summed E-state index contributed by atoms with van der Waals surface area (Å²) in [4.78, 5) is 17.9. The van der Waals surface area contributed by atoms with Crippen LogP contribution < -0.4 is 5.32 Å². The Hall–Kier alpha value is -0.610. The summed E-state index contributed by atoms with van der Waals surface area (Å²) in [6.45, 7) is 7.81. The lowest BCUT2D eigenvalue weighted by molar-refractivity contribution is -0.143. The van der Waals surface area contributed by atoms with Crippen molar-refractivity contribution in [3.63, 3.8) is 0 Å². The van der Waals surface area contributed by atoms with Crippen molar-refractivity contribution in [1.82, 2.24) is 15.1 Å². The van der Waals surface area contributed by atoms with E-state index in [2.05, 4.69) is 29.0 Å². The van der Waals surface area contributed by atoms with E-state index < -0.39 is 0 Å². The molecule has 1 unspecified atom stereocenters. The van der Waals surface area contributed by atoms with Gasteiger partial charge in [-0.3, -0.25) is 9.69 Å². The van der Waals surface area contributed by atoms with Crippen LogP contribution >= 0.6 is 0 Å². The van der Waals surface area contributed by atoms with Gasteiger partial charge in [-0.1, -0.05) is 0 Å². The van der Waals surface area contributed by atoms with Crippen LogP contribution in [0.2, 0.25) is 0 Å². The minimum absolute atomic E-state index is 0.163. The van der Waals surface area contributed by atoms with Crippen molar-refractivity contribution in [1.29, 1.82) is 0 Å². The Balaban J connectivity index is 1.70. The highest BCUT2D eigenvalue weighted by Gasteiger charge is 2.40. The zero-order valence-electron chi connectivity index (χ0n) is 13.7. The molecule has 0 radical (unpaired) electrons. The van der Waals surface area contributed by atoms with Gasteiger partial charge in [-0.15, -0.1) is 0 Å². The molecule has 1 N–H and O–H groups in total. The van der Waals surface area contributed by atoms with E-state index in [1.54, 1.807) is 0 Å². The molecule has 3 saturated heterocycles. The molecule has 0 bridgehead atoms. The van der Waals surface area contributed by atoms with Gasteiger partial charge in [0.15, 0.2) is 0 Å². The molecule has 0 spiro atoms. The second kappa shape index (κ2) is 6.66. The summed E-state index contributed by atoms with van der Waals surface area (Å²) in [5.74, 6) is 0.422. The van der Waals surface area contributed by atoms with Gasteiger partial charge in [0.05, 0.1) is 6.04 Å². The summed E-state index contributed by atoms with van der Waals surface area (Å²) in [5.41, 5.74) is 0. The third-order valence-electron chi connectivity index (χ3n) is 5.80. The zero-order valence-corrected chi connectivity index (χ0v) is 13.7. The maximum Gasteiger partial charge on any atom is 0.240 e. The quantitative estimate of drug-likeness (QED) is 0.846. The topological polar surface area (TPSA) is 35.6 Å². The molecule has 0 aromatic heterocycles. The number of carbonyl (C=O) groups excluding carboxylic acids is 1. The lowest BCUT2D eigenvalue weighted by atomic mass is 9.95. The van der Waals surface area contributed by atoms with E-state index >= 15 is 0 Å². The average molecular weight is 293 g/mol. The van der Waals surface area contributed by atoms with Crippen LogP contribution in [0.5, 0.6) is 0 Å². The van der Waals surface area contributed by atoms with Crippen LogP contribution in [0.25, 0.3) is 0 Å². The van der Waals surface area contributed by atoms with Crippen LogP contribution in [0.3, 0.4) is 0 Å². The van der Waals surface area contributed by atoms with Crippen LogP contribution in [0.4, 0.5) is 0 Å². The predicted molar refractivity (Wildman–Crippen MR) is 85.2 cm³/mol. The van der Waals surface area contributed by atoms with E-state index in [1.807, 2.05) is 0 Å².